The molecule has 1 aromatic carbocycles. The molecule has 1 amide bonds. The number of phenols is 1. The summed E-state index contributed by atoms with van der Waals surface area (Å²) in [6, 6.07) is 2.89. The number of thioether (sulfide) groups is 1. The third-order valence-corrected chi connectivity index (χ3v) is 4.53. The van der Waals surface area contributed by atoms with Gasteiger partial charge in [-0.15, -0.1) is 5.10 Å². The SMILES string of the molecule is COC(=O)/C=C1/S/C(=N\N=Cc2cc(C(C)(C)C)cc([N+](=O)[O-])c2O)NC1=O. The van der Waals surface area contributed by atoms with Crippen LogP contribution >= 0.6 is 11.8 Å². The summed E-state index contributed by atoms with van der Waals surface area (Å²) in [5, 5.41) is 31.4. The third-order valence-electron chi connectivity index (χ3n) is 3.63. The van der Waals surface area contributed by atoms with Crippen molar-refractivity contribution in [2.75, 3.05) is 7.11 Å². The van der Waals surface area contributed by atoms with E-state index < -0.39 is 33.7 Å². The predicted molar refractivity (Wildman–Crippen MR) is 104 cm³/mol. The van der Waals surface area contributed by atoms with Crippen molar-refractivity contribution in [3.05, 3.63) is 44.4 Å². The van der Waals surface area contributed by atoms with Gasteiger partial charge >= 0.3 is 11.7 Å². The lowest BCUT2D eigenvalue weighted by Crippen LogP contribution is -2.19. The maximum Gasteiger partial charge on any atom is 0.331 e. The van der Waals surface area contributed by atoms with Crippen molar-refractivity contribution in [1.29, 1.82) is 0 Å². The van der Waals surface area contributed by atoms with Gasteiger partial charge in [-0.2, -0.15) is 5.10 Å². The fourth-order valence-electron chi connectivity index (χ4n) is 2.10. The Morgan fingerprint density at radius 1 is 1.39 bits per heavy atom. The van der Waals surface area contributed by atoms with Gasteiger partial charge in [-0.05, 0) is 28.8 Å². The highest BCUT2D eigenvalue weighted by atomic mass is 32.2. The van der Waals surface area contributed by atoms with Crippen molar-refractivity contribution in [1.82, 2.24) is 5.32 Å². The minimum atomic E-state index is -0.682. The van der Waals surface area contributed by atoms with E-state index >= 15 is 0 Å². The molecule has 10 nitrogen and oxygen atoms in total. The molecule has 0 spiro atoms. The van der Waals surface area contributed by atoms with Crippen LogP contribution < -0.4 is 5.32 Å². The molecule has 0 unspecified atom stereocenters. The maximum absolute atomic E-state index is 11.7. The molecule has 0 bridgehead atoms. The number of nitro benzene ring substituents is 1. The number of phenolic OH excluding ortho intramolecular Hbond substituents is 1. The van der Waals surface area contributed by atoms with E-state index in [1.54, 1.807) is 6.07 Å². The van der Waals surface area contributed by atoms with Crippen LogP contribution in [-0.2, 0) is 19.7 Å². The Labute approximate surface area is 164 Å². The fourth-order valence-corrected chi connectivity index (χ4v) is 2.84. The average Bonchev–Trinajstić information content (AvgIpc) is 2.94. The van der Waals surface area contributed by atoms with Crippen LogP contribution in [0.4, 0.5) is 5.69 Å². The second-order valence-corrected chi connectivity index (χ2v) is 7.71. The van der Waals surface area contributed by atoms with Crippen molar-refractivity contribution in [2.24, 2.45) is 10.2 Å². The Hall–Kier alpha value is -3.21. The molecule has 0 aromatic heterocycles. The minimum Gasteiger partial charge on any atom is -0.502 e. The van der Waals surface area contributed by atoms with Gasteiger partial charge in [0.25, 0.3) is 5.91 Å². The highest BCUT2D eigenvalue weighted by molar-refractivity contribution is 8.18. The van der Waals surface area contributed by atoms with E-state index in [1.165, 1.54) is 13.2 Å². The molecule has 1 aromatic rings. The summed E-state index contributed by atoms with van der Waals surface area (Å²) in [6.07, 6.45) is 2.17. The summed E-state index contributed by atoms with van der Waals surface area (Å²) in [5.41, 5.74) is -0.0788. The van der Waals surface area contributed by atoms with Crippen LogP contribution in [0.25, 0.3) is 0 Å². The number of ether oxygens (including phenoxy) is 1. The number of amidine groups is 1. The monoisotopic (exact) mass is 406 g/mol. The predicted octanol–water partition coefficient (Wildman–Crippen LogP) is 2.21. The number of hydrogen-bond donors (Lipinski definition) is 2. The van der Waals surface area contributed by atoms with Crippen molar-refractivity contribution in [3.8, 4) is 5.75 Å². The molecule has 1 aliphatic heterocycles. The lowest BCUT2D eigenvalue weighted by Gasteiger charge is -2.19. The Balaban J connectivity index is 2.32. The Morgan fingerprint density at radius 2 is 2.07 bits per heavy atom. The summed E-state index contributed by atoms with van der Waals surface area (Å²) < 4.78 is 4.46. The molecule has 0 saturated carbocycles. The lowest BCUT2D eigenvalue weighted by molar-refractivity contribution is -0.386. The number of rotatable bonds is 4. The number of amides is 1. The van der Waals surface area contributed by atoms with Crippen molar-refractivity contribution in [3.63, 3.8) is 0 Å². The van der Waals surface area contributed by atoms with Crippen LogP contribution in [0.5, 0.6) is 5.75 Å². The van der Waals surface area contributed by atoms with Gasteiger partial charge in [0.2, 0.25) is 5.75 Å². The van der Waals surface area contributed by atoms with E-state index in [2.05, 4.69) is 20.3 Å². The summed E-state index contributed by atoms with van der Waals surface area (Å²) in [6.45, 7) is 5.64. The number of nitrogens with zero attached hydrogens (tertiary/aromatic N) is 3. The standard InChI is InChI=1S/C17H18N4O6S/c1-17(2,3)10-5-9(14(23)11(6-10)21(25)26)8-18-20-16-19-15(24)12(28-16)7-13(22)27-4/h5-8,23H,1-4H3,(H,19,20,24)/b12-7+,18-8?. The van der Waals surface area contributed by atoms with E-state index in [4.69, 9.17) is 0 Å². The zero-order chi connectivity index (χ0) is 21.1. The summed E-state index contributed by atoms with van der Waals surface area (Å²) in [7, 11) is 1.19. The first-order valence-electron chi connectivity index (χ1n) is 7.94. The molecule has 2 rings (SSSR count). The van der Waals surface area contributed by atoms with Gasteiger partial charge in [0, 0.05) is 17.7 Å². The van der Waals surface area contributed by atoms with E-state index in [1.807, 2.05) is 20.8 Å². The highest BCUT2D eigenvalue weighted by Crippen LogP contribution is 2.35. The highest BCUT2D eigenvalue weighted by Gasteiger charge is 2.26. The first-order chi connectivity index (χ1) is 13.0. The Bertz CT molecular complexity index is 930. The van der Waals surface area contributed by atoms with Gasteiger partial charge < -0.3 is 9.84 Å². The van der Waals surface area contributed by atoms with Crippen molar-refractivity contribution in [2.45, 2.75) is 26.2 Å². The molecular weight excluding hydrogens is 388 g/mol. The van der Waals surface area contributed by atoms with Crippen molar-refractivity contribution < 1.29 is 24.4 Å². The molecule has 0 radical (unpaired) electrons. The number of nitro groups is 1. The Kier molecular flexibility index (Phi) is 6.19. The Morgan fingerprint density at radius 3 is 2.64 bits per heavy atom. The largest absolute Gasteiger partial charge is 0.502 e. The number of benzene rings is 1. The molecule has 11 heteroatoms. The zero-order valence-electron chi connectivity index (χ0n) is 15.5. The normalized spacial score (nSPS) is 17.4. The fraction of sp³-hybridized carbons (Fsp3) is 0.294. The quantitative estimate of drug-likeness (QED) is 0.256. The van der Waals surface area contributed by atoms with Crippen LogP contribution in [-0.4, -0.2) is 40.4 Å². The molecule has 1 saturated heterocycles. The number of esters is 1. The van der Waals surface area contributed by atoms with E-state index in [0.29, 0.717) is 5.56 Å². The molecule has 28 heavy (non-hydrogen) atoms. The van der Waals surface area contributed by atoms with Gasteiger partial charge in [-0.1, -0.05) is 20.8 Å². The first-order valence-corrected chi connectivity index (χ1v) is 8.76. The smallest absolute Gasteiger partial charge is 0.331 e. The maximum atomic E-state index is 11.7. The van der Waals surface area contributed by atoms with Gasteiger partial charge in [0.1, 0.15) is 0 Å². The van der Waals surface area contributed by atoms with E-state index in [-0.39, 0.29) is 15.6 Å². The van der Waals surface area contributed by atoms with Crippen LogP contribution in [0.3, 0.4) is 0 Å². The second kappa shape index (κ2) is 8.21. The molecule has 1 fully saturated rings. The summed E-state index contributed by atoms with van der Waals surface area (Å²) in [4.78, 5) is 33.6. The molecule has 0 aliphatic carbocycles. The minimum absolute atomic E-state index is 0.0917. The number of methoxy groups -OCH3 is 1. The van der Waals surface area contributed by atoms with Crippen LogP contribution in [0, 0.1) is 10.1 Å². The molecule has 1 aliphatic rings. The average molecular weight is 406 g/mol. The third kappa shape index (κ3) is 4.94. The van der Waals surface area contributed by atoms with Crippen molar-refractivity contribution >= 4 is 40.7 Å². The van der Waals surface area contributed by atoms with Crippen LogP contribution in [0.2, 0.25) is 0 Å². The molecule has 0 atom stereocenters. The number of nitrogens with one attached hydrogen (secondary N) is 1. The molecule has 1 heterocycles. The molecular formula is C17H18N4O6S. The molecule has 148 valence electrons. The second-order valence-electron chi connectivity index (χ2n) is 6.68. The van der Waals surface area contributed by atoms with Gasteiger partial charge in [-0.3, -0.25) is 20.2 Å². The lowest BCUT2D eigenvalue weighted by atomic mass is 9.85. The van der Waals surface area contributed by atoms with Gasteiger partial charge in [0.05, 0.1) is 23.2 Å². The topological polar surface area (TPSA) is 143 Å². The van der Waals surface area contributed by atoms with E-state index in [0.717, 1.165) is 24.1 Å². The first kappa shape index (κ1) is 21.1. The number of carbonyl (C=O) groups is 2. The summed E-state index contributed by atoms with van der Waals surface area (Å²) in [5.74, 6) is -1.74. The van der Waals surface area contributed by atoms with Crippen LogP contribution in [0.15, 0.2) is 33.3 Å². The molecule has 2 N–H and O–H groups in total. The van der Waals surface area contributed by atoms with E-state index in [9.17, 15) is 24.8 Å². The summed E-state index contributed by atoms with van der Waals surface area (Å²) >= 11 is 0.882. The van der Waals surface area contributed by atoms with Gasteiger partial charge in [-0.25, -0.2) is 4.79 Å². The zero-order valence-corrected chi connectivity index (χ0v) is 16.4. The number of aromatic hydroxyl groups is 1. The van der Waals surface area contributed by atoms with Crippen LogP contribution in [0.1, 0.15) is 31.9 Å². The number of hydrogen-bond acceptors (Lipinski definition) is 9. The van der Waals surface area contributed by atoms with Gasteiger partial charge in [0.15, 0.2) is 5.17 Å². The number of carbonyl (C=O) groups excluding carboxylic acids is 2.